The number of hydrogen-bond donors (Lipinski definition) is 2. The van der Waals surface area contributed by atoms with Gasteiger partial charge in [0.1, 0.15) is 16.2 Å². The number of carboxylic acids is 1. The molecule has 2 aliphatic rings. The van der Waals surface area contributed by atoms with Gasteiger partial charge in [0.05, 0.1) is 16.6 Å². The highest BCUT2D eigenvalue weighted by Gasteiger charge is 2.35. The number of aromatic nitrogens is 1. The summed E-state index contributed by atoms with van der Waals surface area (Å²) in [4.78, 5) is 26.9. The zero-order valence-electron chi connectivity index (χ0n) is 14.2. The van der Waals surface area contributed by atoms with Gasteiger partial charge in [0, 0.05) is 35.8 Å². The van der Waals surface area contributed by atoms with Crippen LogP contribution in [0.15, 0.2) is 28.5 Å². The molecular weight excluding hydrogens is 369 g/mol. The molecule has 0 saturated carbocycles. The van der Waals surface area contributed by atoms with Crippen LogP contribution in [0, 0.1) is 5.82 Å². The first kappa shape index (κ1) is 16.5. The highest BCUT2D eigenvalue weighted by molar-refractivity contribution is 7.16. The van der Waals surface area contributed by atoms with E-state index in [-0.39, 0.29) is 23.0 Å². The van der Waals surface area contributed by atoms with E-state index in [1.165, 1.54) is 17.4 Å². The number of nitrogens with two attached hydrogens (primary N) is 1. The Labute approximate surface area is 156 Å². The molecule has 6 nitrogen and oxygen atoms in total. The van der Waals surface area contributed by atoms with E-state index in [1.807, 2.05) is 17.1 Å². The van der Waals surface area contributed by atoms with Gasteiger partial charge in [0.25, 0.3) is 0 Å². The lowest BCUT2D eigenvalue weighted by molar-refractivity contribution is 0.0697. The summed E-state index contributed by atoms with van der Waals surface area (Å²) < 4.78 is 16.9. The maximum atomic E-state index is 15.2. The normalized spacial score (nSPS) is 21.5. The van der Waals surface area contributed by atoms with E-state index in [4.69, 9.17) is 5.73 Å². The zero-order valence-corrected chi connectivity index (χ0v) is 15.0. The van der Waals surface area contributed by atoms with Crippen molar-refractivity contribution in [2.45, 2.75) is 24.9 Å². The molecular formula is C19H16FN3O3S. The van der Waals surface area contributed by atoms with Crippen molar-refractivity contribution in [2.24, 2.45) is 5.73 Å². The van der Waals surface area contributed by atoms with Gasteiger partial charge < -0.3 is 20.1 Å². The first-order valence-corrected chi connectivity index (χ1v) is 9.55. The molecule has 2 aromatic heterocycles. The van der Waals surface area contributed by atoms with Gasteiger partial charge in [0.15, 0.2) is 0 Å². The molecule has 2 aliphatic heterocycles. The minimum Gasteiger partial charge on any atom is -0.477 e. The predicted molar refractivity (Wildman–Crippen MR) is 103 cm³/mol. The second-order valence-corrected chi connectivity index (χ2v) is 7.94. The predicted octanol–water partition coefficient (Wildman–Crippen LogP) is 2.67. The van der Waals surface area contributed by atoms with Crippen LogP contribution < -0.4 is 16.1 Å². The van der Waals surface area contributed by atoms with Crippen molar-refractivity contribution in [2.75, 3.05) is 11.4 Å². The molecule has 0 spiro atoms. The summed E-state index contributed by atoms with van der Waals surface area (Å²) in [6.07, 6.45) is 7.08. The van der Waals surface area contributed by atoms with Crippen molar-refractivity contribution in [1.29, 1.82) is 0 Å². The van der Waals surface area contributed by atoms with Gasteiger partial charge in [-0.25, -0.2) is 9.18 Å². The minimum absolute atomic E-state index is 0.0253. The number of carboxylic acid groups (broad SMARTS) is 1. The Morgan fingerprint density at radius 3 is 3.00 bits per heavy atom. The number of halogens is 1. The van der Waals surface area contributed by atoms with Gasteiger partial charge in [-0.1, -0.05) is 12.2 Å². The van der Waals surface area contributed by atoms with Crippen LogP contribution in [0.2, 0.25) is 0 Å². The van der Waals surface area contributed by atoms with Crippen LogP contribution in [0.4, 0.5) is 10.1 Å². The number of thiazole rings is 1. The summed E-state index contributed by atoms with van der Waals surface area (Å²) >= 11 is 1.18. The molecule has 3 N–H and O–H groups in total. The van der Waals surface area contributed by atoms with Gasteiger partial charge >= 0.3 is 5.97 Å². The number of hydrogen-bond acceptors (Lipinski definition) is 5. The zero-order chi connectivity index (χ0) is 18.9. The SMILES string of the molecule is NC1CC2CC=Cc3c(c(F)cc4c(=O)c(C(=O)O)c5sccn5c34)N2C1. The Balaban J connectivity index is 1.96. The highest BCUT2D eigenvalue weighted by atomic mass is 32.1. The third kappa shape index (κ3) is 2.20. The lowest BCUT2D eigenvalue weighted by atomic mass is 10.0. The largest absolute Gasteiger partial charge is 0.477 e. The molecule has 1 saturated heterocycles. The summed E-state index contributed by atoms with van der Waals surface area (Å²) in [5.41, 5.74) is 6.71. The Hall–Kier alpha value is -2.71. The number of carbonyl (C=O) groups is 1. The lowest BCUT2D eigenvalue weighted by Gasteiger charge is -2.27. The van der Waals surface area contributed by atoms with Crippen LogP contribution in [0.5, 0.6) is 0 Å². The fourth-order valence-corrected chi connectivity index (χ4v) is 5.26. The van der Waals surface area contributed by atoms with Crippen molar-refractivity contribution >= 4 is 44.8 Å². The second-order valence-electron chi connectivity index (χ2n) is 7.04. The average molecular weight is 385 g/mol. The average Bonchev–Trinajstić information content (AvgIpc) is 3.17. The van der Waals surface area contributed by atoms with Crippen molar-refractivity contribution < 1.29 is 14.3 Å². The Morgan fingerprint density at radius 1 is 1.41 bits per heavy atom. The first-order valence-electron chi connectivity index (χ1n) is 8.67. The number of aromatic carboxylic acids is 1. The van der Waals surface area contributed by atoms with E-state index in [9.17, 15) is 14.7 Å². The lowest BCUT2D eigenvalue weighted by Crippen LogP contribution is -2.31. The molecule has 4 heterocycles. The standard InChI is InChI=1S/C19H16FN3O3S/c20-13-7-12-15(22-4-5-27-18(22)14(17(12)24)19(25)26)11-3-1-2-10-6-9(21)8-23(10)16(11)13/h1,3-5,7,9-10H,2,6,8,21H2,(H,25,26). The third-order valence-electron chi connectivity index (χ3n) is 5.44. The van der Waals surface area contributed by atoms with Crippen molar-refractivity contribution in [3.05, 3.63) is 50.9 Å². The number of nitrogens with zero attached hydrogens (tertiary/aromatic N) is 2. The molecule has 0 bridgehead atoms. The van der Waals surface area contributed by atoms with Gasteiger partial charge in [-0.3, -0.25) is 4.79 Å². The maximum Gasteiger partial charge on any atom is 0.342 e. The van der Waals surface area contributed by atoms with Crippen LogP contribution in [0.1, 0.15) is 28.8 Å². The number of pyridine rings is 1. The van der Waals surface area contributed by atoms with E-state index in [1.54, 1.807) is 16.0 Å². The summed E-state index contributed by atoms with van der Waals surface area (Å²) in [7, 11) is 0. The number of benzene rings is 1. The van der Waals surface area contributed by atoms with Crippen LogP contribution in [0.3, 0.4) is 0 Å². The third-order valence-corrected chi connectivity index (χ3v) is 6.32. The van der Waals surface area contributed by atoms with E-state index in [2.05, 4.69) is 0 Å². The fraction of sp³-hybridized carbons (Fsp3) is 0.263. The molecule has 1 aromatic carbocycles. The number of anilines is 1. The second kappa shape index (κ2) is 5.64. The smallest absolute Gasteiger partial charge is 0.342 e. The molecule has 27 heavy (non-hydrogen) atoms. The van der Waals surface area contributed by atoms with E-state index in [0.29, 0.717) is 28.1 Å². The van der Waals surface area contributed by atoms with Crippen LogP contribution >= 0.6 is 11.3 Å². The van der Waals surface area contributed by atoms with Crippen molar-refractivity contribution in [3.63, 3.8) is 0 Å². The molecule has 2 unspecified atom stereocenters. The summed E-state index contributed by atoms with van der Waals surface area (Å²) in [6, 6.07) is 1.27. The Kier molecular flexibility index (Phi) is 3.44. The van der Waals surface area contributed by atoms with Crippen LogP contribution in [0.25, 0.3) is 21.8 Å². The van der Waals surface area contributed by atoms with Gasteiger partial charge in [0.2, 0.25) is 5.43 Å². The van der Waals surface area contributed by atoms with Gasteiger partial charge in [-0.2, -0.15) is 0 Å². The molecule has 3 aromatic rings. The topological polar surface area (TPSA) is 88.0 Å². The fourth-order valence-electron chi connectivity index (χ4n) is 4.38. The van der Waals surface area contributed by atoms with Gasteiger partial charge in [-0.05, 0) is 18.9 Å². The van der Waals surface area contributed by atoms with E-state index >= 15 is 4.39 Å². The molecule has 2 atom stereocenters. The molecule has 0 aliphatic carbocycles. The Morgan fingerprint density at radius 2 is 2.22 bits per heavy atom. The minimum atomic E-state index is -1.31. The highest BCUT2D eigenvalue weighted by Crippen LogP contribution is 2.39. The Bertz CT molecular complexity index is 1210. The summed E-state index contributed by atoms with van der Waals surface area (Å²) in [6.45, 7) is 0.552. The molecule has 138 valence electrons. The van der Waals surface area contributed by atoms with Crippen LogP contribution in [-0.4, -0.2) is 34.1 Å². The first-order chi connectivity index (χ1) is 13.0. The molecule has 1 fully saturated rings. The van der Waals surface area contributed by atoms with E-state index < -0.39 is 17.2 Å². The maximum absolute atomic E-state index is 15.2. The summed E-state index contributed by atoms with van der Waals surface area (Å²) in [5.74, 6) is -1.83. The quantitative estimate of drug-likeness (QED) is 0.672. The molecule has 0 amide bonds. The van der Waals surface area contributed by atoms with Gasteiger partial charge in [-0.15, -0.1) is 11.3 Å². The molecule has 8 heteroatoms. The van der Waals surface area contributed by atoms with Crippen LogP contribution in [-0.2, 0) is 0 Å². The monoisotopic (exact) mass is 385 g/mol. The van der Waals surface area contributed by atoms with Crippen molar-refractivity contribution in [1.82, 2.24) is 4.40 Å². The molecule has 0 radical (unpaired) electrons. The number of fused-ring (bicyclic) bond motifs is 7. The van der Waals surface area contributed by atoms with Crippen molar-refractivity contribution in [3.8, 4) is 0 Å². The number of rotatable bonds is 1. The summed E-state index contributed by atoms with van der Waals surface area (Å²) in [5, 5.41) is 11.3. The molecule has 5 rings (SSSR count). The van der Waals surface area contributed by atoms with E-state index in [0.717, 1.165) is 12.8 Å².